The smallest absolute Gasteiger partial charge is 0.325 e. The second kappa shape index (κ2) is 6.48. The molecule has 1 saturated heterocycles. The average molecular weight is 323 g/mol. The molecule has 1 aliphatic heterocycles. The first kappa shape index (κ1) is 16.5. The molecule has 0 spiro atoms. The number of rotatable bonds is 6. The highest BCUT2D eigenvalue weighted by Crippen LogP contribution is 2.17. The standard InChI is InChI=1S/C15H21N3O3S/c1-15(2)13(20)18(14(21)16-15)8-4-7-12(19)17(3)10-11-6-5-9-22-11/h5-6,9H,4,7-8,10H2,1-3H3,(H,16,21). The van der Waals surface area contributed by atoms with Crippen LogP contribution in [0.2, 0.25) is 0 Å². The highest BCUT2D eigenvalue weighted by Gasteiger charge is 2.43. The lowest BCUT2D eigenvalue weighted by Gasteiger charge is -2.18. The van der Waals surface area contributed by atoms with Crippen LogP contribution < -0.4 is 5.32 Å². The van der Waals surface area contributed by atoms with Crippen molar-refractivity contribution in [3.63, 3.8) is 0 Å². The summed E-state index contributed by atoms with van der Waals surface area (Å²) in [5.41, 5.74) is -0.850. The van der Waals surface area contributed by atoms with E-state index in [0.29, 0.717) is 19.4 Å². The lowest BCUT2D eigenvalue weighted by Crippen LogP contribution is -2.40. The summed E-state index contributed by atoms with van der Waals surface area (Å²) < 4.78 is 0. The Morgan fingerprint density at radius 3 is 2.68 bits per heavy atom. The maximum absolute atomic E-state index is 12.1. The molecule has 120 valence electrons. The number of amides is 4. The van der Waals surface area contributed by atoms with Crippen LogP contribution in [0.5, 0.6) is 0 Å². The number of nitrogens with one attached hydrogen (secondary N) is 1. The van der Waals surface area contributed by atoms with Gasteiger partial charge in [-0.3, -0.25) is 14.5 Å². The molecule has 1 aromatic rings. The molecular formula is C15H21N3O3S. The quantitative estimate of drug-likeness (QED) is 0.812. The molecule has 0 aliphatic carbocycles. The van der Waals surface area contributed by atoms with Crippen molar-refractivity contribution < 1.29 is 14.4 Å². The number of nitrogens with zero attached hydrogens (tertiary/aromatic N) is 2. The predicted molar refractivity (Wildman–Crippen MR) is 84.4 cm³/mol. The summed E-state index contributed by atoms with van der Waals surface area (Å²) in [6.07, 6.45) is 0.794. The van der Waals surface area contributed by atoms with Crippen LogP contribution in [-0.2, 0) is 16.1 Å². The molecule has 2 heterocycles. The van der Waals surface area contributed by atoms with Crippen molar-refractivity contribution in [2.24, 2.45) is 0 Å². The molecule has 0 atom stereocenters. The van der Waals surface area contributed by atoms with Gasteiger partial charge in [-0.25, -0.2) is 4.79 Å². The van der Waals surface area contributed by atoms with Crippen molar-refractivity contribution >= 4 is 29.2 Å². The van der Waals surface area contributed by atoms with Crippen molar-refractivity contribution in [2.45, 2.75) is 38.8 Å². The van der Waals surface area contributed by atoms with Gasteiger partial charge in [0.1, 0.15) is 5.54 Å². The van der Waals surface area contributed by atoms with Gasteiger partial charge >= 0.3 is 6.03 Å². The minimum atomic E-state index is -0.850. The zero-order valence-corrected chi connectivity index (χ0v) is 13.9. The Balaban J connectivity index is 1.77. The Labute approximate surface area is 134 Å². The molecule has 22 heavy (non-hydrogen) atoms. The van der Waals surface area contributed by atoms with Crippen molar-refractivity contribution in [3.05, 3.63) is 22.4 Å². The van der Waals surface area contributed by atoms with E-state index in [-0.39, 0.29) is 24.4 Å². The van der Waals surface area contributed by atoms with Gasteiger partial charge in [-0.2, -0.15) is 0 Å². The summed E-state index contributed by atoms with van der Waals surface area (Å²) >= 11 is 1.61. The van der Waals surface area contributed by atoms with E-state index in [4.69, 9.17) is 0 Å². The second-order valence-corrected chi connectivity index (χ2v) is 6.98. The van der Waals surface area contributed by atoms with E-state index >= 15 is 0 Å². The molecule has 1 fully saturated rings. The molecule has 0 aromatic carbocycles. The number of hydrogen-bond acceptors (Lipinski definition) is 4. The summed E-state index contributed by atoms with van der Waals surface area (Å²) in [5.74, 6) is -0.225. The van der Waals surface area contributed by atoms with Crippen LogP contribution in [0.15, 0.2) is 17.5 Å². The highest BCUT2D eigenvalue weighted by molar-refractivity contribution is 7.09. The summed E-state index contributed by atoms with van der Waals surface area (Å²) in [5, 5.41) is 4.61. The minimum Gasteiger partial charge on any atom is -0.341 e. The van der Waals surface area contributed by atoms with Gasteiger partial charge in [0.2, 0.25) is 5.91 Å². The first-order chi connectivity index (χ1) is 10.3. The maximum atomic E-state index is 12.1. The number of urea groups is 1. The molecule has 1 aliphatic rings. The van der Waals surface area contributed by atoms with E-state index in [2.05, 4.69) is 5.32 Å². The molecule has 6 nitrogen and oxygen atoms in total. The minimum absolute atomic E-state index is 0.0136. The Bertz CT molecular complexity index is 569. The molecular weight excluding hydrogens is 302 g/mol. The third-order valence-corrected chi connectivity index (χ3v) is 4.48. The lowest BCUT2D eigenvalue weighted by molar-refractivity contribution is -0.132. The van der Waals surface area contributed by atoms with Gasteiger partial charge in [0.15, 0.2) is 0 Å². The Hall–Kier alpha value is -1.89. The van der Waals surface area contributed by atoms with Crippen LogP contribution >= 0.6 is 11.3 Å². The summed E-state index contributed by atoms with van der Waals surface area (Å²) in [4.78, 5) is 39.8. The van der Waals surface area contributed by atoms with Crippen LogP contribution in [0, 0.1) is 0 Å². The van der Waals surface area contributed by atoms with Crippen LogP contribution in [0.4, 0.5) is 4.79 Å². The average Bonchev–Trinajstić information content (AvgIpc) is 3.00. The monoisotopic (exact) mass is 323 g/mol. The third kappa shape index (κ3) is 3.65. The Morgan fingerprint density at radius 1 is 1.41 bits per heavy atom. The van der Waals surface area contributed by atoms with Crippen molar-refractivity contribution in [2.75, 3.05) is 13.6 Å². The zero-order valence-electron chi connectivity index (χ0n) is 13.1. The fraction of sp³-hybridized carbons (Fsp3) is 0.533. The maximum Gasteiger partial charge on any atom is 0.325 e. The van der Waals surface area contributed by atoms with Gasteiger partial charge in [-0.05, 0) is 31.7 Å². The molecule has 1 N–H and O–H groups in total. The summed E-state index contributed by atoms with van der Waals surface area (Å²) in [6.45, 7) is 4.21. The second-order valence-electron chi connectivity index (χ2n) is 5.94. The van der Waals surface area contributed by atoms with Crippen molar-refractivity contribution in [1.29, 1.82) is 0 Å². The zero-order chi connectivity index (χ0) is 16.3. The molecule has 0 saturated carbocycles. The molecule has 0 unspecified atom stereocenters. The van der Waals surface area contributed by atoms with Crippen LogP contribution in [-0.4, -0.2) is 46.8 Å². The molecule has 0 bridgehead atoms. The van der Waals surface area contributed by atoms with Gasteiger partial charge in [0.25, 0.3) is 5.91 Å². The molecule has 2 rings (SSSR count). The predicted octanol–water partition coefficient (Wildman–Crippen LogP) is 1.82. The third-order valence-electron chi connectivity index (χ3n) is 3.62. The van der Waals surface area contributed by atoms with E-state index in [1.165, 1.54) is 4.90 Å². The SMILES string of the molecule is CN(Cc1cccs1)C(=O)CCCN1C(=O)NC(C)(C)C1=O. The van der Waals surface area contributed by atoms with Gasteiger partial charge < -0.3 is 10.2 Å². The van der Waals surface area contributed by atoms with Crippen molar-refractivity contribution in [1.82, 2.24) is 15.1 Å². The van der Waals surface area contributed by atoms with E-state index in [0.717, 1.165) is 4.88 Å². The van der Waals surface area contributed by atoms with Gasteiger partial charge in [-0.1, -0.05) is 6.07 Å². The normalized spacial score (nSPS) is 16.8. The molecule has 4 amide bonds. The highest BCUT2D eigenvalue weighted by atomic mass is 32.1. The van der Waals surface area contributed by atoms with E-state index in [1.807, 2.05) is 17.5 Å². The van der Waals surface area contributed by atoms with Gasteiger partial charge in [-0.15, -0.1) is 11.3 Å². The number of thiophene rings is 1. The van der Waals surface area contributed by atoms with Gasteiger partial charge in [0, 0.05) is 24.9 Å². The molecule has 0 radical (unpaired) electrons. The van der Waals surface area contributed by atoms with Gasteiger partial charge in [0.05, 0.1) is 6.54 Å². The number of imide groups is 1. The lowest BCUT2D eigenvalue weighted by atomic mass is 10.1. The Morgan fingerprint density at radius 2 is 2.14 bits per heavy atom. The largest absolute Gasteiger partial charge is 0.341 e. The topological polar surface area (TPSA) is 69.7 Å². The first-order valence-corrected chi connectivity index (χ1v) is 8.09. The number of carbonyl (C=O) groups is 3. The van der Waals surface area contributed by atoms with E-state index in [9.17, 15) is 14.4 Å². The van der Waals surface area contributed by atoms with Crippen LogP contribution in [0.1, 0.15) is 31.6 Å². The molecule has 7 heteroatoms. The Kier molecular flexibility index (Phi) is 4.85. The summed E-state index contributed by atoms with van der Waals surface area (Å²) in [7, 11) is 1.76. The summed E-state index contributed by atoms with van der Waals surface area (Å²) in [6, 6.07) is 3.57. The first-order valence-electron chi connectivity index (χ1n) is 7.22. The van der Waals surface area contributed by atoms with Crippen LogP contribution in [0.25, 0.3) is 0 Å². The number of hydrogen-bond donors (Lipinski definition) is 1. The van der Waals surface area contributed by atoms with Crippen molar-refractivity contribution in [3.8, 4) is 0 Å². The fourth-order valence-corrected chi connectivity index (χ4v) is 3.08. The molecule has 1 aromatic heterocycles. The van der Waals surface area contributed by atoms with E-state index < -0.39 is 5.54 Å². The fourth-order valence-electron chi connectivity index (χ4n) is 2.32. The van der Waals surface area contributed by atoms with E-state index in [1.54, 1.807) is 37.1 Å². The van der Waals surface area contributed by atoms with Crippen LogP contribution in [0.3, 0.4) is 0 Å². The number of carbonyl (C=O) groups excluding carboxylic acids is 3.